The third-order valence-electron chi connectivity index (χ3n) is 8.23. The molecule has 0 amide bonds. The maximum Gasteiger partial charge on any atom is 0.181 e. The van der Waals surface area contributed by atoms with Gasteiger partial charge in [-0.3, -0.25) is 9.20 Å². The largest absolute Gasteiger partial charge is 0.493 e. The van der Waals surface area contributed by atoms with Crippen LogP contribution in [0, 0.1) is 11.7 Å². The number of pyridine rings is 1. The Morgan fingerprint density at radius 1 is 1.10 bits per heavy atom. The highest BCUT2D eigenvalue weighted by Gasteiger charge is 2.26. The minimum absolute atomic E-state index is 0. The van der Waals surface area contributed by atoms with E-state index >= 15 is 4.39 Å². The van der Waals surface area contributed by atoms with Crippen LogP contribution < -0.4 is 14.5 Å². The van der Waals surface area contributed by atoms with Crippen molar-refractivity contribution < 1.29 is 13.9 Å². The molecule has 9 heteroatoms. The first-order chi connectivity index (χ1) is 19.9. The first-order valence-corrected chi connectivity index (χ1v) is 15.0. The molecule has 1 aliphatic heterocycles. The molecule has 0 radical (unpaired) electrons. The maximum absolute atomic E-state index is 15.3. The van der Waals surface area contributed by atoms with E-state index in [1.54, 1.807) is 22.7 Å². The van der Waals surface area contributed by atoms with Crippen molar-refractivity contribution in [1.82, 2.24) is 9.38 Å². The molecule has 2 aromatic carbocycles. The molecule has 4 aromatic rings. The summed E-state index contributed by atoms with van der Waals surface area (Å²) in [5.74, 6) is 1.39. The topological polar surface area (TPSA) is 50.1 Å². The SMILES string of the molecule is CCc1nc2ccc(Cl)cn2c1C(=O)CCc1ccc(N2CCN(c3ccc(OCC4CC4)cc3)[C@@H](C)C2)c(F)c1.Cl. The van der Waals surface area contributed by atoms with Crippen molar-refractivity contribution in [3.05, 3.63) is 88.6 Å². The number of halogens is 3. The summed E-state index contributed by atoms with van der Waals surface area (Å²) in [6, 6.07) is 17.5. The molecule has 2 fully saturated rings. The molecule has 6 rings (SSSR count). The van der Waals surface area contributed by atoms with E-state index < -0.39 is 0 Å². The van der Waals surface area contributed by atoms with Crippen molar-refractivity contribution in [1.29, 1.82) is 0 Å². The van der Waals surface area contributed by atoms with Gasteiger partial charge < -0.3 is 14.5 Å². The van der Waals surface area contributed by atoms with E-state index in [0.29, 0.717) is 34.9 Å². The number of hydrogen-bond acceptors (Lipinski definition) is 5. The van der Waals surface area contributed by atoms with Crippen LogP contribution in [0.5, 0.6) is 5.75 Å². The van der Waals surface area contributed by atoms with E-state index in [1.807, 2.05) is 37.3 Å². The lowest BCUT2D eigenvalue weighted by Crippen LogP contribution is -2.52. The smallest absolute Gasteiger partial charge is 0.181 e. The highest BCUT2D eigenvalue weighted by atomic mass is 35.5. The third kappa shape index (κ3) is 6.52. The summed E-state index contributed by atoms with van der Waals surface area (Å²) in [5, 5.41) is 0.547. The lowest BCUT2D eigenvalue weighted by molar-refractivity contribution is 0.0976. The van der Waals surface area contributed by atoms with Crippen LogP contribution in [0.3, 0.4) is 0 Å². The van der Waals surface area contributed by atoms with Gasteiger partial charge in [0.2, 0.25) is 0 Å². The van der Waals surface area contributed by atoms with Gasteiger partial charge in [0.1, 0.15) is 22.9 Å². The number of Topliss-reactive ketones (excluding diaryl/α,β-unsaturated/α-hetero) is 1. The summed E-state index contributed by atoms with van der Waals surface area (Å²) in [6.07, 6.45) is 5.66. The summed E-state index contributed by atoms with van der Waals surface area (Å²) < 4.78 is 23.0. The summed E-state index contributed by atoms with van der Waals surface area (Å²) in [6.45, 7) is 7.24. The average molecular weight is 612 g/mol. The summed E-state index contributed by atoms with van der Waals surface area (Å²) in [4.78, 5) is 22.3. The second kappa shape index (κ2) is 12.9. The first-order valence-electron chi connectivity index (χ1n) is 14.6. The monoisotopic (exact) mass is 610 g/mol. The van der Waals surface area contributed by atoms with Crippen molar-refractivity contribution in [3.63, 3.8) is 0 Å². The molecule has 0 N–H and O–H groups in total. The normalized spacial score (nSPS) is 16.9. The Bertz CT molecular complexity index is 1550. The molecule has 2 aliphatic rings. The molecule has 1 atom stereocenters. The zero-order chi connectivity index (χ0) is 28.5. The molecule has 3 heterocycles. The molecule has 6 nitrogen and oxygen atoms in total. The summed E-state index contributed by atoms with van der Waals surface area (Å²) in [7, 11) is 0. The maximum atomic E-state index is 15.3. The fourth-order valence-electron chi connectivity index (χ4n) is 5.74. The minimum Gasteiger partial charge on any atom is -0.493 e. The number of nitrogens with zero attached hydrogens (tertiary/aromatic N) is 4. The van der Waals surface area contributed by atoms with Crippen LogP contribution in [0.1, 0.15) is 54.9 Å². The lowest BCUT2D eigenvalue weighted by Gasteiger charge is -2.42. The van der Waals surface area contributed by atoms with Gasteiger partial charge in [-0.2, -0.15) is 0 Å². The van der Waals surface area contributed by atoms with Crippen molar-refractivity contribution >= 4 is 46.8 Å². The van der Waals surface area contributed by atoms with Crippen molar-refractivity contribution in [2.24, 2.45) is 5.92 Å². The molecule has 222 valence electrons. The average Bonchev–Trinajstić information content (AvgIpc) is 3.74. The molecule has 1 aliphatic carbocycles. The van der Waals surface area contributed by atoms with E-state index in [4.69, 9.17) is 16.3 Å². The molecule has 1 saturated carbocycles. The van der Waals surface area contributed by atoms with Gasteiger partial charge in [-0.25, -0.2) is 9.37 Å². The molecular weight excluding hydrogens is 574 g/mol. The van der Waals surface area contributed by atoms with Crippen molar-refractivity contribution in [3.8, 4) is 5.75 Å². The van der Waals surface area contributed by atoms with Gasteiger partial charge in [0.05, 0.1) is 23.0 Å². The predicted molar refractivity (Wildman–Crippen MR) is 170 cm³/mol. The van der Waals surface area contributed by atoms with Crippen molar-refractivity contribution in [2.75, 3.05) is 36.0 Å². The number of aryl methyl sites for hydroxylation is 2. The van der Waals surface area contributed by atoms with Gasteiger partial charge in [-0.05, 0) is 92.6 Å². The number of benzene rings is 2. The van der Waals surface area contributed by atoms with E-state index in [9.17, 15) is 4.79 Å². The van der Waals surface area contributed by atoms with Crippen molar-refractivity contribution in [2.45, 2.75) is 52.0 Å². The zero-order valence-corrected chi connectivity index (χ0v) is 25.6. The summed E-state index contributed by atoms with van der Waals surface area (Å²) >= 11 is 6.18. The molecule has 0 spiro atoms. The summed E-state index contributed by atoms with van der Waals surface area (Å²) in [5.41, 5.74) is 4.60. The number of piperazine rings is 1. The van der Waals surface area contributed by atoms with Gasteiger partial charge in [-0.15, -0.1) is 12.4 Å². The first kappa shape index (κ1) is 30.2. The number of hydrogen-bond donors (Lipinski definition) is 0. The Morgan fingerprint density at radius 3 is 2.57 bits per heavy atom. The number of rotatable bonds is 10. The van der Waals surface area contributed by atoms with Gasteiger partial charge in [0.25, 0.3) is 0 Å². The quantitative estimate of drug-likeness (QED) is 0.175. The minimum atomic E-state index is -0.247. The number of fused-ring (bicyclic) bond motifs is 1. The fourth-order valence-corrected chi connectivity index (χ4v) is 5.90. The molecule has 1 saturated heterocycles. The Balaban J connectivity index is 0.00000353. The van der Waals surface area contributed by atoms with Gasteiger partial charge in [-0.1, -0.05) is 24.6 Å². The number of imidazole rings is 1. The highest BCUT2D eigenvalue weighted by Crippen LogP contribution is 2.31. The van der Waals surface area contributed by atoms with E-state index in [0.717, 1.165) is 54.9 Å². The van der Waals surface area contributed by atoms with Crippen LogP contribution in [0.15, 0.2) is 60.8 Å². The molecule has 2 aromatic heterocycles. The number of aromatic nitrogens is 2. The number of carbonyl (C=O) groups excluding carboxylic acids is 1. The van der Waals surface area contributed by atoms with Crippen LogP contribution in [0.4, 0.5) is 15.8 Å². The number of anilines is 2. The second-order valence-corrected chi connectivity index (χ2v) is 11.7. The van der Waals surface area contributed by atoms with Crippen LogP contribution in [0.25, 0.3) is 5.65 Å². The van der Waals surface area contributed by atoms with Crippen LogP contribution in [-0.4, -0.2) is 47.5 Å². The van der Waals surface area contributed by atoms with E-state index in [2.05, 4.69) is 33.8 Å². The van der Waals surface area contributed by atoms with E-state index in [-0.39, 0.29) is 36.5 Å². The Hall–Kier alpha value is -3.29. The number of ketones is 1. The van der Waals surface area contributed by atoms with Gasteiger partial charge >= 0.3 is 0 Å². The van der Waals surface area contributed by atoms with Gasteiger partial charge in [0.15, 0.2) is 5.78 Å². The number of ether oxygens (including phenoxy) is 1. The Kier molecular flexibility index (Phi) is 9.28. The Morgan fingerprint density at radius 2 is 1.88 bits per heavy atom. The fraction of sp³-hybridized carbons (Fsp3) is 0.394. The Labute approximate surface area is 257 Å². The molecule has 0 bridgehead atoms. The predicted octanol–water partition coefficient (Wildman–Crippen LogP) is 7.43. The van der Waals surface area contributed by atoms with Crippen LogP contribution >= 0.6 is 24.0 Å². The second-order valence-electron chi connectivity index (χ2n) is 11.3. The highest BCUT2D eigenvalue weighted by molar-refractivity contribution is 6.30. The van der Waals surface area contributed by atoms with Gasteiger partial charge in [0, 0.05) is 44.0 Å². The molecular formula is C33H37Cl2FN4O2. The van der Waals surface area contributed by atoms with Crippen LogP contribution in [0.2, 0.25) is 5.02 Å². The third-order valence-corrected chi connectivity index (χ3v) is 8.45. The zero-order valence-electron chi connectivity index (χ0n) is 24.1. The van der Waals surface area contributed by atoms with Crippen LogP contribution in [-0.2, 0) is 12.8 Å². The molecule has 42 heavy (non-hydrogen) atoms. The van der Waals surface area contributed by atoms with E-state index in [1.165, 1.54) is 12.8 Å². The molecule has 0 unspecified atom stereocenters. The standard InChI is InChI=1S/C33H36ClFN4O2.ClH/c1-3-29-33(39-20-25(34)8-15-32(39)36-29)31(40)14-7-23-6-13-30(28(35)18-23)37-16-17-38(22(2)19-37)26-9-11-27(12-10-26)41-21-24-4-5-24;/h6,8-13,15,18,20,22,24H,3-5,7,14,16-17,19,21H2,1-2H3;1H/t22-;/m0./s1. The number of carbonyl (C=O) groups is 1. The lowest BCUT2D eigenvalue weighted by atomic mass is 10.0.